The summed E-state index contributed by atoms with van der Waals surface area (Å²) in [4.78, 5) is 15.2. The number of hydrogen-bond acceptors (Lipinski definition) is 9. The number of carbonyl (C=O) groups is 1. The van der Waals surface area contributed by atoms with Crippen LogP contribution in [0.4, 0.5) is 20.7 Å². The first-order chi connectivity index (χ1) is 15.0. The number of nitriles is 1. The average Bonchev–Trinajstić information content (AvgIpc) is 3.46. The molecule has 10 nitrogen and oxygen atoms in total. The third-order valence-corrected chi connectivity index (χ3v) is 5.55. The number of aromatic nitrogens is 1. The largest absolute Gasteiger partial charge is 0.446 e. The zero-order chi connectivity index (χ0) is 21.7. The van der Waals surface area contributed by atoms with Crippen LogP contribution in [-0.4, -0.2) is 62.4 Å². The molecule has 1 aromatic heterocycles. The van der Waals surface area contributed by atoms with Crippen molar-refractivity contribution in [3.05, 3.63) is 17.4 Å². The molecule has 3 fully saturated rings. The number of ether oxygens (including phenoxy) is 4. The number of halogens is 1. The van der Waals surface area contributed by atoms with Gasteiger partial charge in [0.25, 0.3) is 0 Å². The maximum Gasteiger partial charge on any atom is 0.416 e. The van der Waals surface area contributed by atoms with Crippen molar-refractivity contribution in [2.24, 2.45) is 0 Å². The molecule has 0 spiro atoms. The van der Waals surface area contributed by atoms with Gasteiger partial charge in [0.2, 0.25) is 5.58 Å². The Morgan fingerprint density at radius 2 is 1.94 bits per heavy atom. The number of nitrogens with zero attached hydrogens (tertiary/aromatic N) is 4. The molecule has 0 bridgehead atoms. The molecular formula is C20H21FN4O6. The van der Waals surface area contributed by atoms with E-state index < -0.39 is 24.2 Å². The summed E-state index contributed by atoms with van der Waals surface area (Å²) >= 11 is 0. The van der Waals surface area contributed by atoms with Gasteiger partial charge >= 0.3 is 6.09 Å². The highest BCUT2D eigenvalue weighted by atomic mass is 19.1. The number of rotatable bonds is 3. The Bertz CT molecular complexity index is 1050. The van der Waals surface area contributed by atoms with Crippen LogP contribution in [0.15, 0.2) is 10.6 Å². The second-order valence-electron chi connectivity index (χ2n) is 7.84. The maximum atomic E-state index is 15.9. The maximum absolute atomic E-state index is 15.9. The smallest absolute Gasteiger partial charge is 0.416 e. The van der Waals surface area contributed by atoms with Crippen LogP contribution in [0.1, 0.15) is 25.7 Å². The summed E-state index contributed by atoms with van der Waals surface area (Å²) < 4.78 is 43.3. The molecule has 3 aliphatic rings. The van der Waals surface area contributed by atoms with E-state index in [9.17, 15) is 10.1 Å². The molecule has 1 aromatic carbocycles. The predicted octanol–water partition coefficient (Wildman–Crippen LogP) is 2.47. The Labute approximate surface area is 176 Å². The molecule has 0 radical (unpaired) electrons. The second kappa shape index (κ2) is 7.64. The molecule has 0 saturated carbocycles. The van der Waals surface area contributed by atoms with E-state index in [0.717, 1.165) is 4.90 Å². The predicted molar refractivity (Wildman–Crippen MR) is 104 cm³/mol. The summed E-state index contributed by atoms with van der Waals surface area (Å²) in [5, 5.41) is 13.5. The van der Waals surface area contributed by atoms with Crippen LogP contribution >= 0.6 is 0 Å². The van der Waals surface area contributed by atoms with E-state index in [1.54, 1.807) is 6.07 Å². The van der Waals surface area contributed by atoms with Crippen LogP contribution in [0.25, 0.3) is 11.0 Å². The lowest BCUT2D eigenvalue weighted by Gasteiger charge is -2.38. The molecule has 3 aliphatic heterocycles. The van der Waals surface area contributed by atoms with Crippen molar-refractivity contribution in [1.29, 1.82) is 5.26 Å². The molecule has 4 heterocycles. The third-order valence-electron chi connectivity index (χ3n) is 5.55. The molecule has 11 heteroatoms. The zero-order valence-electron chi connectivity index (χ0n) is 17.0. The standard InChI is InChI=1S/C20H21FN4O6/c1-10-7-24(8-11(2)30-10)16-13(19-27-3-4-28-19)5-14-17(15(16)21)31-23-18(14)25-12(6-22)9-29-20(25)26/h5,10-12,19H,3-4,7-9H2,1-2H3/t10-,11-,12+/m1/s1. The number of hydrogen-bond donors (Lipinski definition) is 0. The highest BCUT2D eigenvalue weighted by Gasteiger charge is 2.40. The Balaban J connectivity index is 1.67. The van der Waals surface area contributed by atoms with Gasteiger partial charge in [0.15, 0.2) is 24.0 Å². The molecular weight excluding hydrogens is 411 g/mol. The third kappa shape index (κ3) is 3.27. The number of morpholine rings is 1. The number of amides is 1. The number of anilines is 2. The molecule has 3 saturated heterocycles. The average molecular weight is 432 g/mol. The first-order valence-electron chi connectivity index (χ1n) is 10.1. The topological polar surface area (TPSA) is 110 Å². The summed E-state index contributed by atoms with van der Waals surface area (Å²) in [6, 6.07) is 2.76. The molecule has 5 rings (SSSR count). The van der Waals surface area contributed by atoms with Crippen molar-refractivity contribution in [2.45, 2.75) is 38.4 Å². The zero-order valence-corrected chi connectivity index (χ0v) is 17.0. The Hall–Kier alpha value is -2.94. The van der Waals surface area contributed by atoms with Gasteiger partial charge in [-0.2, -0.15) is 5.26 Å². The first kappa shape index (κ1) is 20.0. The SMILES string of the molecule is C[C@@H]1CN(c2c(C3OCCO3)cc3c(N4C(=O)OC[C@@H]4C#N)noc3c2F)C[C@@H](C)O1. The number of fused-ring (bicyclic) bond motifs is 1. The van der Waals surface area contributed by atoms with E-state index in [2.05, 4.69) is 5.16 Å². The number of cyclic esters (lactones) is 1. The van der Waals surface area contributed by atoms with Gasteiger partial charge < -0.3 is 28.4 Å². The minimum absolute atomic E-state index is 0.0254. The summed E-state index contributed by atoms with van der Waals surface area (Å²) in [7, 11) is 0. The van der Waals surface area contributed by atoms with Gasteiger partial charge in [-0.1, -0.05) is 5.16 Å². The van der Waals surface area contributed by atoms with Crippen LogP contribution in [0.3, 0.4) is 0 Å². The van der Waals surface area contributed by atoms with Crippen LogP contribution in [0.5, 0.6) is 0 Å². The summed E-state index contributed by atoms with van der Waals surface area (Å²) in [6.45, 7) is 5.46. The van der Waals surface area contributed by atoms with Gasteiger partial charge in [0, 0.05) is 18.7 Å². The fourth-order valence-electron chi connectivity index (χ4n) is 4.36. The van der Waals surface area contributed by atoms with Crippen molar-refractivity contribution >= 4 is 28.6 Å². The van der Waals surface area contributed by atoms with Crippen molar-refractivity contribution in [1.82, 2.24) is 5.16 Å². The number of carbonyl (C=O) groups excluding carboxylic acids is 1. The molecule has 3 atom stereocenters. The molecule has 164 valence electrons. The molecule has 0 aliphatic carbocycles. The Morgan fingerprint density at radius 3 is 2.61 bits per heavy atom. The molecule has 0 unspecified atom stereocenters. The van der Waals surface area contributed by atoms with Gasteiger partial charge in [-0.15, -0.1) is 0 Å². The Kier molecular flexibility index (Phi) is 4.92. The van der Waals surface area contributed by atoms with Crippen LogP contribution in [-0.2, 0) is 18.9 Å². The molecule has 2 aromatic rings. The lowest BCUT2D eigenvalue weighted by Crippen LogP contribution is -2.46. The normalized spacial score (nSPS) is 27.2. The van der Waals surface area contributed by atoms with Gasteiger partial charge in [-0.05, 0) is 19.9 Å². The van der Waals surface area contributed by atoms with E-state index in [1.807, 2.05) is 24.8 Å². The van der Waals surface area contributed by atoms with Crippen molar-refractivity contribution < 1.29 is 32.7 Å². The summed E-state index contributed by atoms with van der Waals surface area (Å²) in [5.41, 5.74) is 0.647. The van der Waals surface area contributed by atoms with Gasteiger partial charge in [-0.3, -0.25) is 0 Å². The van der Waals surface area contributed by atoms with Gasteiger partial charge in [0.1, 0.15) is 6.61 Å². The van der Waals surface area contributed by atoms with Gasteiger partial charge in [0.05, 0.1) is 42.6 Å². The lowest BCUT2D eigenvalue weighted by molar-refractivity contribution is -0.0445. The monoisotopic (exact) mass is 432 g/mol. The van der Waals surface area contributed by atoms with E-state index >= 15 is 4.39 Å². The summed E-state index contributed by atoms with van der Waals surface area (Å²) in [6.07, 6.45) is -1.71. The molecule has 31 heavy (non-hydrogen) atoms. The highest BCUT2D eigenvalue weighted by Crippen LogP contribution is 2.42. The highest BCUT2D eigenvalue weighted by molar-refractivity contribution is 6.01. The number of benzene rings is 1. The fourth-order valence-corrected chi connectivity index (χ4v) is 4.36. The van der Waals surface area contributed by atoms with E-state index in [0.29, 0.717) is 37.6 Å². The van der Waals surface area contributed by atoms with E-state index in [1.165, 1.54) is 0 Å². The molecule has 0 N–H and O–H groups in total. The van der Waals surface area contributed by atoms with E-state index in [-0.39, 0.29) is 35.6 Å². The quantitative estimate of drug-likeness (QED) is 0.722. The van der Waals surface area contributed by atoms with Crippen LogP contribution in [0, 0.1) is 17.1 Å². The lowest BCUT2D eigenvalue weighted by atomic mass is 10.0. The fraction of sp³-hybridized carbons (Fsp3) is 0.550. The van der Waals surface area contributed by atoms with E-state index in [4.69, 9.17) is 23.5 Å². The van der Waals surface area contributed by atoms with Crippen molar-refractivity contribution in [3.63, 3.8) is 0 Å². The van der Waals surface area contributed by atoms with Crippen molar-refractivity contribution in [2.75, 3.05) is 42.7 Å². The van der Waals surface area contributed by atoms with Crippen LogP contribution < -0.4 is 9.80 Å². The first-order valence-corrected chi connectivity index (χ1v) is 10.1. The van der Waals surface area contributed by atoms with Gasteiger partial charge in [-0.25, -0.2) is 14.1 Å². The van der Waals surface area contributed by atoms with Crippen molar-refractivity contribution in [3.8, 4) is 6.07 Å². The van der Waals surface area contributed by atoms with Crippen LogP contribution in [0.2, 0.25) is 0 Å². The minimum Gasteiger partial charge on any atom is -0.446 e. The summed E-state index contributed by atoms with van der Waals surface area (Å²) in [5.74, 6) is -0.606. The Morgan fingerprint density at radius 1 is 1.23 bits per heavy atom. The second-order valence-corrected chi connectivity index (χ2v) is 7.84. The molecule has 1 amide bonds. The minimum atomic E-state index is -0.882.